The third kappa shape index (κ3) is 4.60. The molecule has 0 unspecified atom stereocenters. The van der Waals surface area contributed by atoms with E-state index in [1.54, 1.807) is 24.3 Å². The number of rotatable bonds is 6. The number of ether oxygens (including phenoxy) is 2. The molecule has 0 radical (unpaired) electrons. The van der Waals surface area contributed by atoms with Gasteiger partial charge in [0.25, 0.3) is 5.91 Å². The first-order chi connectivity index (χ1) is 13.0. The predicted molar refractivity (Wildman–Crippen MR) is 100 cm³/mol. The van der Waals surface area contributed by atoms with E-state index in [4.69, 9.17) is 25.5 Å². The summed E-state index contributed by atoms with van der Waals surface area (Å²) in [5.41, 5.74) is 1.30. The second-order valence-corrected chi connectivity index (χ2v) is 6.17. The normalized spacial score (nSPS) is 10.5. The number of nitrogens with one attached hydrogen (secondary N) is 1. The van der Waals surface area contributed by atoms with Crippen LogP contribution in [0.3, 0.4) is 0 Å². The van der Waals surface area contributed by atoms with Crippen LogP contribution < -0.4 is 14.8 Å². The van der Waals surface area contributed by atoms with Gasteiger partial charge in [-0.2, -0.15) is 0 Å². The smallest absolute Gasteiger partial charge is 0.291 e. The lowest BCUT2D eigenvalue weighted by Crippen LogP contribution is -2.12. The minimum absolute atomic E-state index is 0.113. The fourth-order valence-corrected chi connectivity index (χ4v) is 2.53. The third-order valence-electron chi connectivity index (χ3n) is 3.81. The van der Waals surface area contributed by atoms with E-state index >= 15 is 0 Å². The van der Waals surface area contributed by atoms with Crippen LogP contribution >= 0.6 is 11.6 Å². The van der Waals surface area contributed by atoms with Crippen LogP contribution in [0.25, 0.3) is 0 Å². The fraction of sp³-hybridized carbons (Fsp3) is 0.150. The monoisotopic (exact) mass is 389 g/mol. The molecule has 140 valence electrons. The van der Waals surface area contributed by atoms with Gasteiger partial charge in [0.05, 0.1) is 12.8 Å². The van der Waals surface area contributed by atoms with Gasteiger partial charge in [-0.15, -0.1) is 0 Å². The summed E-state index contributed by atoms with van der Waals surface area (Å²) >= 11 is 6.07. The minimum Gasteiger partial charge on any atom is -0.495 e. The molecule has 3 rings (SSSR count). The second kappa shape index (κ2) is 8.14. The maximum Gasteiger partial charge on any atom is 0.291 e. The van der Waals surface area contributed by atoms with Crippen LogP contribution in [0.15, 0.2) is 52.9 Å². The van der Waals surface area contributed by atoms with Crippen molar-refractivity contribution in [2.24, 2.45) is 0 Å². The van der Waals surface area contributed by atoms with E-state index in [-0.39, 0.29) is 18.2 Å². The SMILES string of the molecule is COc1cc(Cl)c(C)cc1NC(=O)c1ccc(COc2ccc(F)cc2)o1. The summed E-state index contributed by atoms with van der Waals surface area (Å²) < 4.78 is 29.1. The zero-order chi connectivity index (χ0) is 19.4. The van der Waals surface area contributed by atoms with E-state index in [1.807, 2.05) is 6.92 Å². The molecular weight excluding hydrogens is 373 g/mol. The van der Waals surface area contributed by atoms with E-state index in [1.165, 1.54) is 31.4 Å². The lowest BCUT2D eigenvalue weighted by molar-refractivity contribution is 0.0992. The maximum absolute atomic E-state index is 12.9. The number of amides is 1. The van der Waals surface area contributed by atoms with Gasteiger partial charge in [-0.25, -0.2) is 4.39 Å². The molecule has 3 aromatic rings. The molecule has 5 nitrogen and oxygen atoms in total. The summed E-state index contributed by atoms with van der Waals surface area (Å²) in [6.45, 7) is 1.94. The molecule has 0 aliphatic carbocycles. The van der Waals surface area contributed by atoms with Crippen molar-refractivity contribution in [3.63, 3.8) is 0 Å². The van der Waals surface area contributed by atoms with Gasteiger partial charge < -0.3 is 19.2 Å². The van der Waals surface area contributed by atoms with Gasteiger partial charge in [-0.05, 0) is 55.0 Å². The van der Waals surface area contributed by atoms with Crippen LogP contribution in [-0.2, 0) is 6.61 Å². The van der Waals surface area contributed by atoms with Crippen LogP contribution in [0.4, 0.5) is 10.1 Å². The Labute approximate surface area is 160 Å². The largest absolute Gasteiger partial charge is 0.495 e. The summed E-state index contributed by atoms with van der Waals surface area (Å²) in [5, 5.41) is 3.28. The Morgan fingerprint density at radius 2 is 1.93 bits per heavy atom. The molecule has 7 heteroatoms. The fourth-order valence-electron chi connectivity index (χ4n) is 2.38. The molecule has 0 fully saturated rings. The standard InChI is InChI=1S/C20H17ClFNO4/c1-12-9-17(19(25-2)10-16(12)21)23-20(24)18-8-7-15(27-18)11-26-14-5-3-13(22)4-6-14/h3-10H,11H2,1-2H3,(H,23,24). The Morgan fingerprint density at radius 1 is 1.19 bits per heavy atom. The second-order valence-electron chi connectivity index (χ2n) is 5.76. The van der Waals surface area contributed by atoms with Gasteiger partial charge in [0.1, 0.15) is 29.7 Å². The molecule has 0 aliphatic rings. The molecule has 1 aromatic heterocycles. The van der Waals surface area contributed by atoms with Gasteiger partial charge in [0.2, 0.25) is 0 Å². The molecule has 0 saturated carbocycles. The Bertz CT molecular complexity index is 953. The first-order valence-corrected chi connectivity index (χ1v) is 8.46. The van der Waals surface area contributed by atoms with Gasteiger partial charge in [-0.1, -0.05) is 11.6 Å². The Hall–Kier alpha value is -2.99. The highest BCUT2D eigenvalue weighted by molar-refractivity contribution is 6.31. The van der Waals surface area contributed by atoms with Gasteiger partial charge in [0, 0.05) is 11.1 Å². The number of anilines is 1. The number of aryl methyl sites for hydroxylation is 1. The zero-order valence-corrected chi connectivity index (χ0v) is 15.5. The number of methoxy groups -OCH3 is 1. The first kappa shape index (κ1) is 18.8. The molecule has 0 bridgehead atoms. The molecule has 0 aliphatic heterocycles. The number of hydrogen-bond acceptors (Lipinski definition) is 4. The number of carbonyl (C=O) groups is 1. The van der Waals surface area contributed by atoms with E-state index in [0.717, 1.165) is 5.56 Å². The van der Waals surface area contributed by atoms with Crippen molar-refractivity contribution in [3.05, 3.63) is 76.5 Å². The average Bonchev–Trinajstić information content (AvgIpc) is 3.13. The highest BCUT2D eigenvalue weighted by Gasteiger charge is 2.15. The molecule has 1 heterocycles. The zero-order valence-electron chi connectivity index (χ0n) is 14.7. The van der Waals surface area contributed by atoms with Crippen molar-refractivity contribution in [2.45, 2.75) is 13.5 Å². The lowest BCUT2D eigenvalue weighted by atomic mass is 10.2. The molecule has 0 spiro atoms. The lowest BCUT2D eigenvalue weighted by Gasteiger charge is -2.11. The Morgan fingerprint density at radius 3 is 2.63 bits per heavy atom. The first-order valence-electron chi connectivity index (χ1n) is 8.09. The van der Waals surface area contributed by atoms with Gasteiger partial charge >= 0.3 is 0 Å². The van der Waals surface area contributed by atoms with Crippen molar-refractivity contribution in [3.8, 4) is 11.5 Å². The van der Waals surface area contributed by atoms with Crippen molar-refractivity contribution < 1.29 is 23.1 Å². The Kier molecular flexibility index (Phi) is 5.66. The number of hydrogen-bond donors (Lipinski definition) is 1. The van der Waals surface area contributed by atoms with E-state index < -0.39 is 5.91 Å². The molecule has 1 N–H and O–H groups in total. The Balaban J connectivity index is 1.66. The van der Waals surface area contributed by atoms with Crippen LogP contribution in [0.5, 0.6) is 11.5 Å². The number of carbonyl (C=O) groups excluding carboxylic acids is 1. The molecule has 27 heavy (non-hydrogen) atoms. The molecular formula is C20H17ClFNO4. The molecule has 2 aromatic carbocycles. The van der Waals surface area contributed by atoms with Crippen LogP contribution in [0.2, 0.25) is 5.02 Å². The molecule has 0 atom stereocenters. The quantitative estimate of drug-likeness (QED) is 0.627. The number of benzene rings is 2. The average molecular weight is 390 g/mol. The highest BCUT2D eigenvalue weighted by Crippen LogP contribution is 2.31. The maximum atomic E-state index is 12.9. The topological polar surface area (TPSA) is 60.7 Å². The van der Waals surface area contributed by atoms with Gasteiger partial charge in [0.15, 0.2) is 5.76 Å². The summed E-state index contributed by atoms with van der Waals surface area (Å²) in [6.07, 6.45) is 0. The van der Waals surface area contributed by atoms with Crippen molar-refractivity contribution in [1.29, 1.82) is 0 Å². The van der Waals surface area contributed by atoms with E-state index in [0.29, 0.717) is 28.0 Å². The molecule has 1 amide bonds. The highest BCUT2D eigenvalue weighted by atomic mass is 35.5. The predicted octanol–water partition coefficient (Wildman–Crippen LogP) is 5.22. The summed E-state index contributed by atoms with van der Waals surface area (Å²) in [6, 6.07) is 12.2. The third-order valence-corrected chi connectivity index (χ3v) is 4.22. The van der Waals surface area contributed by atoms with Crippen molar-refractivity contribution in [2.75, 3.05) is 12.4 Å². The van der Waals surface area contributed by atoms with Crippen LogP contribution in [0, 0.1) is 12.7 Å². The summed E-state index contributed by atoms with van der Waals surface area (Å²) in [5.74, 6) is 0.770. The number of halogens is 2. The summed E-state index contributed by atoms with van der Waals surface area (Å²) in [4.78, 5) is 12.4. The summed E-state index contributed by atoms with van der Waals surface area (Å²) in [7, 11) is 1.49. The van der Waals surface area contributed by atoms with E-state index in [9.17, 15) is 9.18 Å². The van der Waals surface area contributed by atoms with Crippen molar-refractivity contribution >= 4 is 23.2 Å². The van der Waals surface area contributed by atoms with Gasteiger partial charge in [-0.3, -0.25) is 4.79 Å². The minimum atomic E-state index is -0.428. The van der Waals surface area contributed by atoms with Crippen molar-refractivity contribution in [1.82, 2.24) is 0 Å². The van der Waals surface area contributed by atoms with Crippen LogP contribution in [-0.4, -0.2) is 13.0 Å². The van der Waals surface area contributed by atoms with Crippen LogP contribution in [0.1, 0.15) is 21.9 Å². The molecule has 0 saturated heterocycles. The number of furan rings is 1. The van der Waals surface area contributed by atoms with E-state index in [2.05, 4.69) is 5.32 Å².